The van der Waals surface area contributed by atoms with E-state index in [0.29, 0.717) is 27.7 Å². The molecule has 0 spiro atoms. The molecule has 0 aliphatic heterocycles. The first kappa shape index (κ1) is 24.6. The van der Waals surface area contributed by atoms with Gasteiger partial charge in [0.25, 0.3) is 11.8 Å². The van der Waals surface area contributed by atoms with Gasteiger partial charge in [0.2, 0.25) is 0 Å². The number of hydrogen-bond donors (Lipinski definition) is 2. The van der Waals surface area contributed by atoms with Crippen LogP contribution in [0.15, 0.2) is 66.2 Å². The number of carbonyl (C=O) groups is 2. The van der Waals surface area contributed by atoms with Crippen molar-refractivity contribution in [3.05, 3.63) is 93.5 Å². The molecule has 0 bridgehead atoms. The molecule has 34 heavy (non-hydrogen) atoms. The highest BCUT2D eigenvalue weighted by Crippen LogP contribution is 2.26. The summed E-state index contributed by atoms with van der Waals surface area (Å²) < 4.78 is 5.69. The van der Waals surface area contributed by atoms with Crippen LogP contribution >= 0.6 is 11.6 Å². The third-order valence-corrected chi connectivity index (χ3v) is 5.16. The third-order valence-electron chi connectivity index (χ3n) is 4.93. The van der Waals surface area contributed by atoms with Crippen molar-refractivity contribution in [2.45, 2.75) is 20.8 Å². The number of rotatable bonds is 7. The first-order valence-electron chi connectivity index (χ1n) is 10.5. The zero-order valence-corrected chi connectivity index (χ0v) is 19.9. The van der Waals surface area contributed by atoms with Crippen molar-refractivity contribution in [1.82, 2.24) is 0 Å². The zero-order valence-electron chi connectivity index (χ0n) is 19.1. The molecular formula is C27H24ClN3O3. The number of nitrogens with zero attached hydrogens (tertiary/aromatic N) is 1. The molecule has 0 fully saturated rings. The lowest BCUT2D eigenvalue weighted by atomic mass is 10.1. The van der Waals surface area contributed by atoms with Crippen LogP contribution in [0.1, 0.15) is 22.3 Å². The molecule has 2 N–H and O–H groups in total. The molecular weight excluding hydrogens is 450 g/mol. The van der Waals surface area contributed by atoms with Crippen molar-refractivity contribution in [2.75, 3.05) is 17.2 Å². The molecule has 0 saturated heterocycles. The second-order valence-electron chi connectivity index (χ2n) is 7.83. The minimum absolute atomic E-state index is 0.131. The van der Waals surface area contributed by atoms with Crippen molar-refractivity contribution < 1.29 is 14.3 Å². The minimum Gasteiger partial charge on any atom is -0.483 e. The van der Waals surface area contributed by atoms with E-state index in [4.69, 9.17) is 16.3 Å². The second-order valence-corrected chi connectivity index (χ2v) is 8.27. The summed E-state index contributed by atoms with van der Waals surface area (Å²) in [5, 5.41) is 15.5. The molecule has 2 amide bonds. The summed E-state index contributed by atoms with van der Waals surface area (Å²) in [6.07, 6.45) is 1.38. The molecule has 3 rings (SSSR count). The standard InChI is InChI=1S/C27H24ClN3O3/c1-17-5-4-6-23(12-17)30-27(33)21(15-29)13-20-14-22(28)8-10-25(20)34-16-26(32)31-24-9-7-18(2)11-19(24)3/h4-14H,16H2,1-3H3,(H,30,33)(H,31,32)/b21-13+. The fourth-order valence-corrected chi connectivity index (χ4v) is 3.45. The maximum Gasteiger partial charge on any atom is 0.266 e. The number of nitrogens with one attached hydrogen (secondary N) is 2. The van der Waals surface area contributed by atoms with Gasteiger partial charge in [-0.1, -0.05) is 41.4 Å². The molecule has 0 radical (unpaired) electrons. The van der Waals surface area contributed by atoms with Gasteiger partial charge in [0.1, 0.15) is 17.4 Å². The van der Waals surface area contributed by atoms with E-state index in [-0.39, 0.29) is 18.1 Å². The molecule has 3 aromatic rings. The van der Waals surface area contributed by atoms with Gasteiger partial charge >= 0.3 is 0 Å². The zero-order chi connectivity index (χ0) is 24.7. The van der Waals surface area contributed by atoms with E-state index >= 15 is 0 Å². The van der Waals surface area contributed by atoms with E-state index < -0.39 is 5.91 Å². The largest absolute Gasteiger partial charge is 0.483 e. The number of anilines is 2. The number of ether oxygens (including phenoxy) is 1. The van der Waals surface area contributed by atoms with E-state index in [2.05, 4.69) is 10.6 Å². The predicted octanol–water partition coefficient (Wildman–Crippen LogP) is 5.83. The van der Waals surface area contributed by atoms with Crippen molar-refractivity contribution in [3.8, 4) is 11.8 Å². The maximum absolute atomic E-state index is 12.6. The Morgan fingerprint density at radius 1 is 1.00 bits per heavy atom. The highest BCUT2D eigenvalue weighted by Gasteiger charge is 2.13. The van der Waals surface area contributed by atoms with Gasteiger partial charge in [-0.15, -0.1) is 0 Å². The Morgan fingerprint density at radius 2 is 1.76 bits per heavy atom. The van der Waals surface area contributed by atoms with Crippen LogP contribution in [0.2, 0.25) is 5.02 Å². The maximum atomic E-state index is 12.6. The van der Waals surface area contributed by atoms with Crippen LogP contribution in [-0.2, 0) is 9.59 Å². The SMILES string of the molecule is Cc1cccc(NC(=O)/C(C#N)=C/c2cc(Cl)ccc2OCC(=O)Nc2ccc(C)cc2C)c1. The van der Waals surface area contributed by atoms with Gasteiger partial charge in [-0.3, -0.25) is 9.59 Å². The number of hydrogen-bond acceptors (Lipinski definition) is 4. The fraction of sp³-hybridized carbons (Fsp3) is 0.148. The van der Waals surface area contributed by atoms with Crippen LogP contribution in [0.4, 0.5) is 11.4 Å². The molecule has 3 aromatic carbocycles. The number of benzene rings is 3. The fourth-order valence-electron chi connectivity index (χ4n) is 3.27. The normalized spacial score (nSPS) is 10.9. The lowest BCUT2D eigenvalue weighted by Gasteiger charge is -2.12. The van der Waals surface area contributed by atoms with Crippen molar-refractivity contribution in [2.24, 2.45) is 0 Å². The Hall–Kier alpha value is -4.08. The van der Waals surface area contributed by atoms with E-state index in [9.17, 15) is 14.9 Å². The summed E-state index contributed by atoms with van der Waals surface area (Å²) in [4.78, 5) is 25.1. The summed E-state index contributed by atoms with van der Waals surface area (Å²) in [7, 11) is 0. The second kappa shape index (κ2) is 11.2. The Morgan fingerprint density at radius 3 is 2.47 bits per heavy atom. The number of halogens is 1. The van der Waals surface area contributed by atoms with Crippen LogP contribution in [-0.4, -0.2) is 18.4 Å². The molecule has 0 aliphatic carbocycles. The molecule has 0 heterocycles. The summed E-state index contributed by atoms with van der Waals surface area (Å²) in [6.45, 7) is 5.54. The van der Waals surface area contributed by atoms with Crippen LogP contribution in [0.5, 0.6) is 5.75 Å². The molecule has 6 nitrogen and oxygen atoms in total. The van der Waals surface area contributed by atoms with Crippen molar-refractivity contribution in [1.29, 1.82) is 5.26 Å². The molecule has 0 aromatic heterocycles. The van der Waals surface area contributed by atoms with Crippen LogP contribution in [0, 0.1) is 32.1 Å². The summed E-state index contributed by atoms with van der Waals surface area (Å²) in [5.74, 6) is -0.586. The first-order valence-corrected chi connectivity index (χ1v) is 10.9. The number of carbonyl (C=O) groups excluding carboxylic acids is 2. The van der Waals surface area contributed by atoms with Crippen molar-refractivity contribution in [3.63, 3.8) is 0 Å². The van der Waals surface area contributed by atoms with E-state index in [1.807, 2.05) is 57.2 Å². The Labute approximate surface area is 203 Å². The van der Waals surface area contributed by atoms with Gasteiger partial charge in [-0.25, -0.2) is 0 Å². The smallest absolute Gasteiger partial charge is 0.266 e. The van der Waals surface area contributed by atoms with Gasteiger partial charge in [0.05, 0.1) is 0 Å². The van der Waals surface area contributed by atoms with Crippen LogP contribution in [0.25, 0.3) is 6.08 Å². The lowest BCUT2D eigenvalue weighted by Crippen LogP contribution is -2.21. The summed E-state index contributed by atoms with van der Waals surface area (Å²) in [5.41, 5.74) is 4.58. The van der Waals surface area contributed by atoms with E-state index in [0.717, 1.165) is 16.7 Å². The van der Waals surface area contributed by atoms with Gasteiger partial charge in [-0.2, -0.15) is 5.26 Å². The van der Waals surface area contributed by atoms with Gasteiger partial charge in [0, 0.05) is 22.0 Å². The molecule has 7 heteroatoms. The Bertz CT molecular complexity index is 1310. The molecule has 0 aliphatic rings. The quantitative estimate of drug-likeness (QED) is 0.333. The van der Waals surface area contributed by atoms with Crippen LogP contribution < -0.4 is 15.4 Å². The molecule has 172 valence electrons. The summed E-state index contributed by atoms with van der Waals surface area (Å²) in [6, 6.07) is 19.7. The monoisotopic (exact) mass is 473 g/mol. The Kier molecular flexibility index (Phi) is 8.07. The topological polar surface area (TPSA) is 91.2 Å². The molecule has 0 atom stereocenters. The van der Waals surface area contributed by atoms with E-state index in [1.54, 1.807) is 30.3 Å². The highest BCUT2D eigenvalue weighted by molar-refractivity contribution is 6.30. The van der Waals surface area contributed by atoms with Crippen LogP contribution in [0.3, 0.4) is 0 Å². The molecule has 0 unspecified atom stereocenters. The van der Waals surface area contributed by atoms with Gasteiger partial charge < -0.3 is 15.4 Å². The van der Waals surface area contributed by atoms with Gasteiger partial charge in [0.15, 0.2) is 6.61 Å². The number of aryl methyl sites for hydroxylation is 3. The average molecular weight is 474 g/mol. The Balaban J connectivity index is 1.75. The molecule has 0 saturated carbocycles. The minimum atomic E-state index is -0.563. The average Bonchev–Trinajstić information content (AvgIpc) is 2.78. The third kappa shape index (κ3) is 6.71. The van der Waals surface area contributed by atoms with E-state index in [1.165, 1.54) is 6.08 Å². The van der Waals surface area contributed by atoms with Crippen molar-refractivity contribution >= 4 is 40.9 Å². The highest BCUT2D eigenvalue weighted by atomic mass is 35.5. The number of amides is 2. The lowest BCUT2D eigenvalue weighted by molar-refractivity contribution is -0.118. The first-order chi connectivity index (χ1) is 16.2. The predicted molar refractivity (Wildman–Crippen MR) is 135 cm³/mol. The van der Waals surface area contributed by atoms with Gasteiger partial charge in [-0.05, 0) is 74.4 Å². The summed E-state index contributed by atoms with van der Waals surface area (Å²) >= 11 is 6.12. The number of nitriles is 1.